The van der Waals surface area contributed by atoms with E-state index in [-0.39, 0.29) is 11.9 Å². The van der Waals surface area contributed by atoms with Gasteiger partial charge < -0.3 is 5.11 Å². The molecule has 1 aromatic rings. The van der Waals surface area contributed by atoms with Crippen molar-refractivity contribution in [3.05, 3.63) is 35.1 Å². The zero-order valence-electron chi connectivity index (χ0n) is 12.3. The standard InChI is InChI=1S/C17H27FO/c1-3-4-5-6-7-8-9-17(19)13-15-12-16(18)11-10-14(15)2/h10-12,17,19H,3-9,13H2,1-2H3. The Balaban J connectivity index is 2.23. The largest absolute Gasteiger partial charge is 0.393 e. The Morgan fingerprint density at radius 3 is 2.53 bits per heavy atom. The summed E-state index contributed by atoms with van der Waals surface area (Å²) in [6, 6.07) is 4.79. The van der Waals surface area contributed by atoms with Gasteiger partial charge in [-0.1, -0.05) is 51.5 Å². The highest BCUT2D eigenvalue weighted by molar-refractivity contribution is 5.27. The third kappa shape index (κ3) is 6.72. The van der Waals surface area contributed by atoms with Crippen molar-refractivity contribution in [3.63, 3.8) is 0 Å². The monoisotopic (exact) mass is 266 g/mol. The van der Waals surface area contributed by atoms with Crippen LogP contribution >= 0.6 is 0 Å². The van der Waals surface area contributed by atoms with E-state index < -0.39 is 0 Å². The van der Waals surface area contributed by atoms with Crippen LogP contribution < -0.4 is 0 Å². The Hall–Kier alpha value is -0.890. The lowest BCUT2D eigenvalue weighted by Gasteiger charge is -2.12. The average molecular weight is 266 g/mol. The quantitative estimate of drug-likeness (QED) is 0.637. The number of aliphatic hydroxyl groups excluding tert-OH is 1. The van der Waals surface area contributed by atoms with Crippen LogP contribution in [0.3, 0.4) is 0 Å². The van der Waals surface area contributed by atoms with Crippen LogP contribution in [0.5, 0.6) is 0 Å². The zero-order valence-corrected chi connectivity index (χ0v) is 12.3. The Morgan fingerprint density at radius 2 is 1.79 bits per heavy atom. The van der Waals surface area contributed by atoms with E-state index in [9.17, 15) is 9.50 Å². The van der Waals surface area contributed by atoms with E-state index in [1.54, 1.807) is 12.1 Å². The lowest BCUT2D eigenvalue weighted by Crippen LogP contribution is -2.11. The first-order chi connectivity index (χ1) is 9.13. The fourth-order valence-electron chi connectivity index (χ4n) is 2.38. The van der Waals surface area contributed by atoms with Crippen LogP contribution in [0.4, 0.5) is 4.39 Å². The predicted molar refractivity (Wildman–Crippen MR) is 78.8 cm³/mol. The smallest absolute Gasteiger partial charge is 0.123 e. The van der Waals surface area contributed by atoms with Gasteiger partial charge >= 0.3 is 0 Å². The molecular weight excluding hydrogens is 239 g/mol. The highest BCUT2D eigenvalue weighted by Crippen LogP contribution is 2.16. The van der Waals surface area contributed by atoms with Crippen LogP contribution in [0, 0.1) is 12.7 Å². The van der Waals surface area contributed by atoms with Crippen LogP contribution in [0.1, 0.15) is 63.0 Å². The van der Waals surface area contributed by atoms with E-state index in [0.29, 0.717) is 6.42 Å². The van der Waals surface area contributed by atoms with E-state index in [2.05, 4.69) is 6.92 Å². The van der Waals surface area contributed by atoms with Crippen LogP contribution in [0.15, 0.2) is 18.2 Å². The number of benzene rings is 1. The number of halogens is 1. The number of hydrogen-bond acceptors (Lipinski definition) is 1. The maximum absolute atomic E-state index is 13.1. The van der Waals surface area contributed by atoms with Crippen molar-refractivity contribution in [2.24, 2.45) is 0 Å². The molecule has 0 fully saturated rings. The molecule has 1 nitrogen and oxygen atoms in total. The van der Waals surface area contributed by atoms with E-state index in [4.69, 9.17) is 0 Å². The molecule has 19 heavy (non-hydrogen) atoms. The fraction of sp³-hybridized carbons (Fsp3) is 0.647. The summed E-state index contributed by atoms with van der Waals surface area (Å²) in [6.45, 7) is 4.18. The second-order valence-corrected chi connectivity index (χ2v) is 5.49. The summed E-state index contributed by atoms with van der Waals surface area (Å²) in [4.78, 5) is 0. The summed E-state index contributed by atoms with van der Waals surface area (Å²) in [5.41, 5.74) is 1.99. The highest BCUT2D eigenvalue weighted by Gasteiger charge is 2.08. The lowest BCUT2D eigenvalue weighted by atomic mass is 9.99. The fourth-order valence-corrected chi connectivity index (χ4v) is 2.38. The van der Waals surface area contributed by atoms with Gasteiger partial charge in [0, 0.05) is 0 Å². The molecule has 0 aliphatic carbocycles. The van der Waals surface area contributed by atoms with Crippen molar-refractivity contribution >= 4 is 0 Å². The molecular formula is C17H27FO. The number of unbranched alkanes of at least 4 members (excludes halogenated alkanes) is 5. The molecule has 108 valence electrons. The molecule has 1 aromatic carbocycles. The molecule has 1 atom stereocenters. The molecule has 0 heterocycles. The number of hydrogen-bond donors (Lipinski definition) is 1. The van der Waals surface area contributed by atoms with Gasteiger partial charge in [0.1, 0.15) is 5.82 Å². The minimum atomic E-state index is -0.341. The Morgan fingerprint density at radius 1 is 1.11 bits per heavy atom. The molecule has 0 aliphatic heterocycles. The molecule has 0 aromatic heterocycles. The number of rotatable bonds is 9. The van der Waals surface area contributed by atoms with Gasteiger partial charge in [-0.15, -0.1) is 0 Å². The maximum atomic E-state index is 13.1. The third-order valence-corrected chi connectivity index (χ3v) is 3.66. The van der Waals surface area contributed by atoms with Crippen molar-refractivity contribution < 1.29 is 9.50 Å². The molecule has 0 amide bonds. The van der Waals surface area contributed by atoms with E-state index in [1.165, 1.54) is 38.2 Å². The molecule has 1 N–H and O–H groups in total. The summed E-state index contributed by atoms with van der Waals surface area (Å²) in [7, 11) is 0. The van der Waals surface area contributed by atoms with Gasteiger partial charge in [-0.05, 0) is 43.0 Å². The molecule has 0 saturated heterocycles. The van der Waals surface area contributed by atoms with Gasteiger partial charge in [-0.25, -0.2) is 4.39 Å². The molecule has 0 aliphatic rings. The third-order valence-electron chi connectivity index (χ3n) is 3.66. The van der Waals surface area contributed by atoms with Gasteiger partial charge in [-0.3, -0.25) is 0 Å². The van der Waals surface area contributed by atoms with Crippen molar-refractivity contribution in [2.75, 3.05) is 0 Å². The Kier molecular flexibility index (Phi) is 7.73. The topological polar surface area (TPSA) is 20.2 Å². The van der Waals surface area contributed by atoms with Crippen molar-refractivity contribution in [2.45, 2.75) is 71.3 Å². The molecule has 1 rings (SSSR count). The first-order valence-corrected chi connectivity index (χ1v) is 7.56. The number of aryl methyl sites for hydroxylation is 1. The summed E-state index contributed by atoms with van der Waals surface area (Å²) in [6.07, 6.45) is 8.45. The van der Waals surface area contributed by atoms with Gasteiger partial charge in [0.05, 0.1) is 6.10 Å². The average Bonchev–Trinajstić information content (AvgIpc) is 2.38. The maximum Gasteiger partial charge on any atom is 0.123 e. The minimum absolute atomic E-state index is 0.215. The van der Waals surface area contributed by atoms with Crippen LogP contribution in [0.2, 0.25) is 0 Å². The van der Waals surface area contributed by atoms with Crippen molar-refractivity contribution in [3.8, 4) is 0 Å². The molecule has 0 saturated carbocycles. The minimum Gasteiger partial charge on any atom is -0.393 e. The summed E-state index contributed by atoms with van der Waals surface area (Å²) < 4.78 is 13.1. The highest BCUT2D eigenvalue weighted by atomic mass is 19.1. The van der Waals surface area contributed by atoms with E-state index in [1.807, 2.05) is 6.92 Å². The lowest BCUT2D eigenvalue weighted by molar-refractivity contribution is 0.160. The van der Waals surface area contributed by atoms with E-state index >= 15 is 0 Å². The van der Waals surface area contributed by atoms with Crippen molar-refractivity contribution in [1.29, 1.82) is 0 Å². The number of aliphatic hydroxyl groups is 1. The first-order valence-electron chi connectivity index (χ1n) is 7.56. The molecule has 0 radical (unpaired) electrons. The van der Waals surface area contributed by atoms with Gasteiger partial charge in [-0.2, -0.15) is 0 Å². The second kappa shape index (κ2) is 9.08. The van der Waals surface area contributed by atoms with E-state index in [0.717, 1.165) is 24.0 Å². The summed E-state index contributed by atoms with van der Waals surface area (Å²) in [5.74, 6) is -0.215. The van der Waals surface area contributed by atoms with Crippen LogP contribution in [0.25, 0.3) is 0 Å². The Bertz CT molecular complexity index is 362. The van der Waals surface area contributed by atoms with Crippen molar-refractivity contribution in [1.82, 2.24) is 0 Å². The predicted octanol–water partition coefficient (Wildman–Crippen LogP) is 4.79. The summed E-state index contributed by atoms with van der Waals surface area (Å²) >= 11 is 0. The van der Waals surface area contributed by atoms with Crippen LogP contribution in [-0.4, -0.2) is 11.2 Å². The normalized spacial score (nSPS) is 12.6. The second-order valence-electron chi connectivity index (χ2n) is 5.49. The zero-order chi connectivity index (χ0) is 14.1. The molecule has 1 unspecified atom stereocenters. The molecule has 0 spiro atoms. The molecule has 0 bridgehead atoms. The molecule has 2 heteroatoms. The van der Waals surface area contributed by atoms with Crippen LogP contribution in [-0.2, 0) is 6.42 Å². The first kappa shape index (κ1) is 16.2. The van der Waals surface area contributed by atoms with Gasteiger partial charge in [0.2, 0.25) is 0 Å². The Labute approximate surface area is 116 Å². The van der Waals surface area contributed by atoms with Gasteiger partial charge in [0.25, 0.3) is 0 Å². The summed E-state index contributed by atoms with van der Waals surface area (Å²) in [5, 5.41) is 10.00. The van der Waals surface area contributed by atoms with Gasteiger partial charge in [0.15, 0.2) is 0 Å². The SMILES string of the molecule is CCCCCCCCC(O)Cc1cc(F)ccc1C.